The summed E-state index contributed by atoms with van der Waals surface area (Å²) in [5, 5.41) is 15.7. The van der Waals surface area contributed by atoms with Crippen molar-refractivity contribution in [3.63, 3.8) is 0 Å². The normalized spacial score (nSPS) is 11.1. The lowest BCUT2D eigenvalue weighted by Gasteiger charge is -1.94. The number of anilines is 1. The lowest BCUT2D eigenvalue weighted by Crippen LogP contribution is -2.06. The Morgan fingerprint density at radius 1 is 1.36 bits per heavy atom. The van der Waals surface area contributed by atoms with Gasteiger partial charge < -0.3 is 0 Å². The molecule has 1 amide bonds. The SMILES string of the molecule is O=C(/C=C/c1cccs1)Nc1nc2cc([N+](=O)[O-])ccc2s1. The van der Waals surface area contributed by atoms with Gasteiger partial charge in [0.25, 0.3) is 5.69 Å². The molecule has 3 rings (SSSR count). The van der Waals surface area contributed by atoms with Gasteiger partial charge >= 0.3 is 0 Å². The van der Waals surface area contributed by atoms with E-state index < -0.39 is 4.92 Å². The molecule has 2 heterocycles. The first-order chi connectivity index (χ1) is 10.6. The number of nitro groups is 1. The fourth-order valence-corrected chi connectivity index (χ4v) is 3.24. The molecule has 3 aromatic rings. The first kappa shape index (κ1) is 14.4. The Morgan fingerprint density at radius 2 is 2.23 bits per heavy atom. The maximum absolute atomic E-state index is 11.8. The molecule has 0 saturated carbocycles. The summed E-state index contributed by atoms with van der Waals surface area (Å²) < 4.78 is 0.781. The fraction of sp³-hybridized carbons (Fsp3) is 0. The summed E-state index contributed by atoms with van der Waals surface area (Å²) in [7, 11) is 0. The summed E-state index contributed by atoms with van der Waals surface area (Å²) in [6.07, 6.45) is 3.15. The van der Waals surface area contributed by atoms with Gasteiger partial charge in [-0.1, -0.05) is 17.4 Å². The summed E-state index contributed by atoms with van der Waals surface area (Å²) in [6, 6.07) is 8.25. The quantitative estimate of drug-likeness (QED) is 0.446. The molecular formula is C14H9N3O3S2. The molecule has 6 nitrogen and oxygen atoms in total. The number of rotatable bonds is 4. The highest BCUT2D eigenvalue weighted by Crippen LogP contribution is 2.28. The smallest absolute Gasteiger partial charge is 0.271 e. The van der Waals surface area contributed by atoms with Gasteiger partial charge in [-0.05, 0) is 23.6 Å². The monoisotopic (exact) mass is 331 g/mol. The van der Waals surface area contributed by atoms with Crippen LogP contribution in [0.15, 0.2) is 41.8 Å². The van der Waals surface area contributed by atoms with Crippen LogP contribution in [0.4, 0.5) is 10.8 Å². The Morgan fingerprint density at radius 3 is 2.95 bits per heavy atom. The van der Waals surface area contributed by atoms with Gasteiger partial charge in [-0.15, -0.1) is 11.3 Å². The molecule has 0 aliphatic carbocycles. The van der Waals surface area contributed by atoms with Crippen LogP contribution in [0.5, 0.6) is 0 Å². The predicted molar refractivity (Wildman–Crippen MR) is 88.3 cm³/mol. The number of benzene rings is 1. The van der Waals surface area contributed by atoms with Gasteiger partial charge in [-0.3, -0.25) is 20.2 Å². The molecule has 22 heavy (non-hydrogen) atoms. The Kier molecular flexibility index (Phi) is 3.94. The van der Waals surface area contributed by atoms with Gasteiger partial charge in [0, 0.05) is 23.1 Å². The third kappa shape index (κ3) is 3.18. The van der Waals surface area contributed by atoms with E-state index in [1.165, 1.54) is 40.9 Å². The molecule has 8 heteroatoms. The minimum atomic E-state index is -0.471. The number of aromatic nitrogens is 1. The van der Waals surface area contributed by atoms with Crippen LogP contribution in [-0.4, -0.2) is 15.8 Å². The molecule has 0 fully saturated rings. The molecule has 0 aliphatic rings. The van der Waals surface area contributed by atoms with Crippen molar-refractivity contribution in [3.8, 4) is 0 Å². The van der Waals surface area contributed by atoms with Crippen molar-refractivity contribution in [2.75, 3.05) is 5.32 Å². The van der Waals surface area contributed by atoms with Gasteiger partial charge in [-0.2, -0.15) is 0 Å². The van der Waals surface area contributed by atoms with E-state index in [0.717, 1.165) is 9.58 Å². The number of nitrogens with one attached hydrogen (secondary N) is 1. The molecule has 1 aromatic carbocycles. The minimum Gasteiger partial charge on any atom is -0.298 e. The van der Waals surface area contributed by atoms with Gasteiger partial charge in [0.2, 0.25) is 5.91 Å². The number of nitrogens with zero attached hydrogens (tertiary/aromatic N) is 2. The maximum atomic E-state index is 11.8. The molecule has 2 aromatic heterocycles. The minimum absolute atomic E-state index is 0.0201. The van der Waals surface area contributed by atoms with Crippen molar-refractivity contribution in [1.29, 1.82) is 0 Å². The summed E-state index contributed by atoms with van der Waals surface area (Å²) in [6.45, 7) is 0. The molecule has 0 saturated heterocycles. The van der Waals surface area contributed by atoms with Gasteiger partial charge in [0.15, 0.2) is 5.13 Å². The second kappa shape index (κ2) is 6.04. The molecule has 0 bridgehead atoms. The van der Waals surface area contributed by atoms with E-state index >= 15 is 0 Å². The highest BCUT2D eigenvalue weighted by molar-refractivity contribution is 7.22. The number of amides is 1. The van der Waals surface area contributed by atoms with Gasteiger partial charge in [0.05, 0.1) is 15.1 Å². The van der Waals surface area contributed by atoms with E-state index in [1.807, 2.05) is 17.5 Å². The molecule has 110 valence electrons. The van der Waals surface area contributed by atoms with Crippen LogP contribution in [0.25, 0.3) is 16.3 Å². The molecule has 0 aliphatic heterocycles. The average molecular weight is 331 g/mol. The van der Waals surface area contributed by atoms with Crippen molar-refractivity contribution in [2.24, 2.45) is 0 Å². The number of non-ortho nitro benzene ring substituents is 1. The number of carbonyl (C=O) groups is 1. The number of thiazole rings is 1. The van der Waals surface area contributed by atoms with Crippen LogP contribution < -0.4 is 5.32 Å². The molecule has 0 atom stereocenters. The van der Waals surface area contributed by atoms with E-state index in [4.69, 9.17) is 0 Å². The van der Waals surface area contributed by atoms with Crippen molar-refractivity contribution < 1.29 is 9.72 Å². The topological polar surface area (TPSA) is 85.1 Å². The van der Waals surface area contributed by atoms with Crippen molar-refractivity contribution in [1.82, 2.24) is 4.98 Å². The standard InChI is InChI=1S/C14H9N3O3S2/c18-13(6-4-10-2-1-7-21-10)16-14-15-11-8-9(17(19)20)3-5-12(11)22-14/h1-8H,(H,15,16,18)/b6-4+. The highest BCUT2D eigenvalue weighted by Gasteiger charge is 2.11. The zero-order valence-corrected chi connectivity index (χ0v) is 12.7. The molecule has 1 N–H and O–H groups in total. The first-order valence-corrected chi connectivity index (χ1v) is 7.89. The Balaban J connectivity index is 1.76. The van der Waals surface area contributed by atoms with Crippen LogP contribution in [0, 0.1) is 10.1 Å². The van der Waals surface area contributed by atoms with Crippen molar-refractivity contribution in [3.05, 3.63) is 56.8 Å². The van der Waals surface area contributed by atoms with E-state index in [0.29, 0.717) is 10.6 Å². The number of thiophene rings is 1. The highest BCUT2D eigenvalue weighted by atomic mass is 32.1. The summed E-state index contributed by atoms with van der Waals surface area (Å²) >= 11 is 2.81. The Labute approximate surface area is 132 Å². The van der Waals surface area contributed by atoms with E-state index in [1.54, 1.807) is 12.1 Å². The van der Waals surface area contributed by atoms with E-state index in [-0.39, 0.29) is 11.6 Å². The average Bonchev–Trinajstić information content (AvgIpc) is 3.13. The number of hydrogen-bond acceptors (Lipinski definition) is 6. The fourth-order valence-electron chi connectivity index (χ4n) is 1.77. The van der Waals surface area contributed by atoms with Gasteiger partial charge in [0.1, 0.15) is 0 Å². The first-order valence-electron chi connectivity index (χ1n) is 6.19. The molecule has 0 spiro atoms. The number of carbonyl (C=O) groups excluding carboxylic acids is 1. The number of nitro benzene ring substituents is 1. The van der Waals surface area contributed by atoms with Crippen LogP contribution in [0.1, 0.15) is 4.88 Å². The second-order valence-electron chi connectivity index (χ2n) is 4.27. The molecular weight excluding hydrogens is 322 g/mol. The molecule has 0 radical (unpaired) electrons. The summed E-state index contributed by atoms with van der Waals surface area (Å²) in [5.74, 6) is -0.290. The largest absolute Gasteiger partial charge is 0.298 e. The Bertz CT molecular complexity index is 869. The third-order valence-corrected chi connectivity index (χ3v) is 4.54. The lowest BCUT2D eigenvalue weighted by molar-refractivity contribution is -0.384. The lowest BCUT2D eigenvalue weighted by atomic mass is 10.3. The van der Waals surface area contributed by atoms with Crippen LogP contribution in [0.3, 0.4) is 0 Å². The van der Waals surface area contributed by atoms with Crippen LogP contribution in [-0.2, 0) is 4.79 Å². The summed E-state index contributed by atoms with van der Waals surface area (Å²) in [5.41, 5.74) is 0.477. The third-order valence-electron chi connectivity index (χ3n) is 2.75. The van der Waals surface area contributed by atoms with Crippen LogP contribution >= 0.6 is 22.7 Å². The zero-order chi connectivity index (χ0) is 15.5. The van der Waals surface area contributed by atoms with Crippen LogP contribution in [0.2, 0.25) is 0 Å². The summed E-state index contributed by atoms with van der Waals surface area (Å²) in [4.78, 5) is 27.3. The maximum Gasteiger partial charge on any atom is 0.271 e. The zero-order valence-electron chi connectivity index (χ0n) is 11.1. The van der Waals surface area contributed by atoms with E-state index in [2.05, 4.69) is 10.3 Å². The van der Waals surface area contributed by atoms with Gasteiger partial charge in [-0.25, -0.2) is 4.98 Å². The predicted octanol–water partition coefficient (Wildman–Crippen LogP) is 3.92. The number of fused-ring (bicyclic) bond motifs is 1. The Hall–Kier alpha value is -2.58. The van der Waals surface area contributed by atoms with Crippen molar-refractivity contribution >= 4 is 55.7 Å². The van der Waals surface area contributed by atoms with Crippen molar-refractivity contribution in [2.45, 2.75) is 0 Å². The second-order valence-corrected chi connectivity index (χ2v) is 6.28. The molecule has 0 unspecified atom stereocenters. The number of hydrogen-bond donors (Lipinski definition) is 1. The van der Waals surface area contributed by atoms with E-state index in [9.17, 15) is 14.9 Å².